The topological polar surface area (TPSA) is 34.1 Å². The summed E-state index contributed by atoms with van der Waals surface area (Å²) in [5, 5.41) is 6.50. The van der Waals surface area contributed by atoms with Crippen LogP contribution >= 0.6 is 11.3 Å². The summed E-state index contributed by atoms with van der Waals surface area (Å²) in [4.78, 5) is 4.63. The van der Waals surface area contributed by atoms with Gasteiger partial charge in [0, 0.05) is 23.9 Å². The molecule has 1 saturated carbocycles. The highest BCUT2D eigenvalue weighted by Crippen LogP contribution is 2.41. The number of alkyl halides is 2. The van der Waals surface area contributed by atoms with Gasteiger partial charge in [0.2, 0.25) is 0 Å². The third kappa shape index (κ3) is 4.23. The van der Waals surface area contributed by atoms with Gasteiger partial charge in [-0.3, -0.25) is 0 Å². The van der Waals surface area contributed by atoms with Crippen LogP contribution in [0.3, 0.4) is 0 Å². The lowest BCUT2D eigenvalue weighted by atomic mass is 10.2. The van der Waals surface area contributed by atoms with E-state index in [-0.39, 0.29) is 6.04 Å². The van der Waals surface area contributed by atoms with E-state index >= 15 is 0 Å². The van der Waals surface area contributed by atoms with E-state index in [9.17, 15) is 13.2 Å². The molecule has 1 atom stereocenters. The average molecular weight is 342 g/mol. The Labute approximate surface area is 136 Å². The molecule has 0 aliphatic heterocycles. The van der Waals surface area contributed by atoms with Gasteiger partial charge in [-0.25, -0.2) is 9.37 Å². The van der Waals surface area contributed by atoms with Crippen LogP contribution in [0.5, 0.6) is 5.75 Å². The first-order chi connectivity index (χ1) is 11.0. The summed E-state index contributed by atoms with van der Waals surface area (Å²) in [5.74, 6) is -0.593. The SMILES string of the molecule is C[C@H](NCc1ccc(OC(F)F)c(F)c1)c1csc(C2CC2)n1. The van der Waals surface area contributed by atoms with E-state index in [4.69, 9.17) is 0 Å². The Balaban J connectivity index is 1.57. The molecule has 7 heteroatoms. The van der Waals surface area contributed by atoms with Gasteiger partial charge in [0.25, 0.3) is 0 Å². The number of halogens is 3. The Hall–Kier alpha value is -1.60. The van der Waals surface area contributed by atoms with Gasteiger partial charge in [-0.1, -0.05) is 6.07 Å². The smallest absolute Gasteiger partial charge is 0.387 e. The van der Waals surface area contributed by atoms with Gasteiger partial charge in [-0.2, -0.15) is 8.78 Å². The molecule has 1 aliphatic rings. The predicted octanol–water partition coefficient (Wildman–Crippen LogP) is 4.61. The molecule has 124 valence electrons. The van der Waals surface area contributed by atoms with Crippen LogP contribution in [-0.2, 0) is 6.54 Å². The summed E-state index contributed by atoms with van der Waals surface area (Å²) in [5.41, 5.74) is 1.64. The zero-order valence-electron chi connectivity index (χ0n) is 12.6. The summed E-state index contributed by atoms with van der Waals surface area (Å²) in [6.07, 6.45) is 2.45. The first-order valence-corrected chi connectivity index (χ1v) is 8.33. The van der Waals surface area contributed by atoms with Crippen molar-refractivity contribution in [2.45, 2.75) is 44.9 Å². The highest BCUT2D eigenvalue weighted by atomic mass is 32.1. The standard InChI is InChI=1S/C16H17F3N2OS/c1-9(13-8-23-15(21-13)11-3-4-11)20-7-10-2-5-14(12(17)6-10)22-16(18)19/h2,5-6,8-9,11,16,20H,3-4,7H2,1H3/t9-/m0/s1. The van der Waals surface area contributed by atoms with E-state index in [1.54, 1.807) is 17.4 Å². The fourth-order valence-electron chi connectivity index (χ4n) is 2.24. The Bertz CT molecular complexity index is 673. The van der Waals surface area contributed by atoms with Crippen molar-refractivity contribution >= 4 is 11.3 Å². The van der Waals surface area contributed by atoms with Crippen molar-refractivity contribution < 1.29 is 17.9 Å². The number of ether oxygens (including phenoxy) is 1. The number of hydrogen-bond acceptors (Lipinski definition) is 4. The van der Waals surface area contributed by atoms with Gasteiger partial charge in [0.05, 0.1) is 10.7 Å². The van der Waals surface area contributed by atoms with Crippen LogP contribution in [0.4, 0.5) is 13.2 Å². The van der Waals surface area contributed by atoms with E-state index in [2.05, 4.69) is 15.0 Å². The third-order valence-corrected chi connectivity index (χ3v) is 4.76. The maximum Gasteiger partial charge on any atom is 0.387 e. The summed E-state index contributed by atoms with van der Waals surface area (Å²) in [7, 11) is 0. The van der Waals surface area contributed by atoms with E-state index < -0.39 is 18.2 Å². The van der Waals surface area contributed by atoms with Crippen molar-refractivity contribution in [2.24, 2.45) is 0 Å². The lowest BCUT2D eigenvalue weighted by Gasteiger charge is -2.12. The van der Waals surface area contributed by atoms with Crippen LogP contribution in [0, 0.1) is 5.82 Å². The lowest BCUT2D eigenvalue weighted by Crippen LogP contribution is -2.18. The molecule has 0 bridgehead atoms. The molecule has 1 heterocycles. The van der Waals surface area contributed by atoms with Gasteiger partial charge < -0.3 is 10.1 Å². The molecular formula is C16H17F3N2OS. The Morgan fingerprint density at radius 2 is 2.17 bits per heavy atom. The lowest BCUT2D eigenvalue weighted by molar-refractivity contribution is -0.0522. The molecule has 0 saturated heterocycles. The second-order valence-electron chi connectivity index (χ2n) is 5.63. The van der Waals surface area contributed by atoms with Crippen molar-refractivity contribution in [1.29, 1.82) is 0 Å². The number of aromatic nitrogens is 1. The third-order valence-electron chi connectivity index (χ3n) is 3.73. The molecule has 0 radical (unpaired) electrons. The van der Waals surface area contributed by atoms with Gasteiger partial charge in [0.1, 0.15) is 0 Å². The number of rotatable bonds is 7. The second kappa shape index (κ2) is 6.88. The highest BCUT2D eigenvalue weighted by molar-refractivity contribution is 7.09. The summed E-state index contributed by atoms with van der Waals surface area (Å²) in [6.45, 7) is -0.612. The predicted molar refractivity (Wildman–Crippen MR) is 82.4 cm³/mol. The Kier molecular flexibility index (Phi) is 4.87. The van der Waals surface area contributed by atoms with Crippen molar-refractivity contribution in [3.05, 3.63) is 45.7 Å². The van der Waals surface area contributed by atoms with Crippen LogP contribution in [0.1, 0.15) is 48.0 Å². The van der Waals surface area contributed by atoms with Crippen molar-refractivity contribution in [2.75, 3.05) is 0 Å². The molecule has 23 heavy (non-hydrogen) atoms. The van der Waals surface area contributed by atoms with Crippen molar-refractivity contribution in [3.8, 4) is 5.75 Å². The minimum atomic E-state index is -3.03. The summed E-state index contributed by atoms with van der Waals surface area (Å²) in [6, 6.07) is 4.03. The maximum atomic E-state index is 13.7. The zero-order chi connectivity index (χ0) is 16.4. The van der Waals surface area contributed by atoms with E-state index in [0.29, 0.717) is 18.0 Å². The van der Waals surface area contributed by atoms with Gasteiger partial charge >= 0.3 is 6.61 Å². The molecule has 1 N–H and O–H groups in total. The monoisotopic (exact) mass is 342 g/mol. The number of nitrogens with zero attached hydrogens (tertiary/aromatic N) is 1. The number of nitrogens with one attached hydrogen (secondary N) is 1. The molecule has 1 aromatic carbocycles. The van der Waals surface area contributed by atoms with Gasteiger partial charge in [0.15, 0.2) is 11.6 Å². The number of benzene rings is 1. The second-order valence-corrected chi connectivity index (χ2v) is 6.52. The largest absolute Gasteiger partial charge is 0.432 e. The quantitative estimate of drug-likeness (QED) is 0.798. The molecule has 2 aromatic rings. The molecule has 1 fully saturated rings. The Morgan fingerprint density at radius 1 is 1.39 bits per heavy atom. The first kappa shape index (κ1) is 16.3. The fraction of sp³-hybridized carbons (Fsp3) is 0.438. The van der Waals surface area contributed by atoms with Gasteiger partial charge in [-0.15, -0.1) is 11.3 Å². The Morgan fingerprint density at radius 3 is 2.83 bits per heavy atom. The molecule has 0 unspecified atom stereocenters. The zero-order valence-corrected chi connectivity index (χ0v) is 13.4. The number of thiazole rings is 1. The van der Waals surface area contributed by atoms with Crippen molar-refractivity contribution in [3.63, 3.8) is 0 Å². The van der Waals surface area contributed by atoms with Crippen LogP contribution in [0.2, 0.25) is 0 Å². The molecule has 1 aromatic heterocycles. The van der Waals surface area contributed by atoms with E-state index in [1.807, 2.05) is 12.3 Å². The molecule has 3 nitrogen and oxygen atoms in total. The minimum absolute atomic E-state index is 0.0406. The van der Waals surface area contributed by atoms with Crippen LogP contribution in [0.25, 0.3) is 0 Å². The summed E-state index contributed by atoms with van der Waals surface area (Å²) < 4.78 is 41.9. The molecule has 3 rings (SSSR count). The van der Waals surface area contributed by atoms with Crippen LogP contribution < -0.4 is 10.1 Å². The number of hydrogen-bond donors (Lipinski definition) is 1. The van der Waals surface area contributed by atoms with Crippen molar-refractivity contribution in [1.82, 2.24) is 10.3 Å². The summed E-state index contributed by atoms with van der Waals surface area (Å²) >= 11 is 1.68. The fourth-order valence-corrected chi connectivity index (χ4v) is 3.32. The van der Waals surface area contributed by atoms with E-state index in [0.717, 1.165) is 5.69 Å². The van der Waals surface area contributed by atoms with Crippen LogP contribution in [-0.4, -0.2) is 11.6 Å². The average Bonchev–Trinajstić information content (AvgIpc) is 3.24. The molecule has 0 amide bonds. The van der Waals surface area contributed by atoms with Gasteiger partial charge in [-0.05, 0) is 37.5 Å². The molecule has 0 spiro atoms. The maximum absolute atomic E-state index is 13.7. The molecular weight excluding hydrogens is 325 g/mol. The highest BCUT2D eigenvalue weighted by Gasteiger charge is 2.27. The molecule has 1 aliphatic carbocycles. The van der Waals surface area contributed by atoms with E-state index in [1.165, 1.54) is 30.0 Å². The van der Waals surface area contributed by atoms with Crippen LogP contribution in [0.15, 0.2) is 23.6 Å². The first-order valence-electron chi connectivity index (χ1n) is 7.45. The minimum Gasteiger partial charge on any atom is -0.432 e. The normalized spacial score (nSPS) is 15.9.